The van der Waals surface area contributed by atoms with Crippen LogP contribution in [-0.4, -0.2) is 58.6 Å². The molecule has 0 spiro atoms. The second-order valence-electron chi connectivity index (χ2n) is 7.50. The number of hydrogen-bond donors (Lipinski definition) is 0. The molecule has 1 aliphatic rings. The highest BCUT2D eigenvalue weighted by atomic mass is 16.2. The molecule has 0 radical (unpaired) electrons. The second kappa shape index (κ2) is 8.92. The standard InChI is InChI=1S/C25H23N3O3/c1-18(29)27-14-16-28(17-15-27)25(31)21-8-6-20(7-9-21)24(30)13-12-22-11-10-19-4-2-3-5-23(19)26-22/h2-13H,14-17H2,1H3/b13-12+. The van der Waals surface area contributed by atoms with Crippen molar-refractivity contribution in [3.8, 4) is 0 Å². The van der Waals surface area contributed by atoms with Gasteiger partial charge in [-0.3, -0.25) is 14.4 Å². The van der Waals surface area contributed by atoms with Crippen LogP contribution < -0.4 is 0 Å². The van der Waals surface area contributed by atoms with Crippen molar-refractivity contribution in [2.24, 2.45) is 0 Å². The summed E-state index contributed by atoms with van der Waals surface area (Å²) in [5.74, 6) is -0.205. The minimum atomic E-state index is -0.149. The number of aromatic nitrogens is 1. The van der Waals surface area contributed by atoms with Crippen LogP contribution in [0.1, 0.15) is 33.3 Å². The highest BCUT2D eigenvalue weighted by Gasteiger charge is 2.23. The molecule has 4 rings (SSSR count). The van der Waals surface area contributed by atoms with E-state index in [1.807, 2.05) is 36.4 Å². The predicted octanol–water partition coefficient (Wildman–Crippen LogP) is 3.44. The Labute approximate surface area is 180 Å². The molecule has 1 saturated heterocycles. The number of piperazine rings is 1. The number of benzene rings is 2. The van der Waals surface area contributed by atoms with E-state index in [-0.39, 0.29) is 17.6 Å². The lowest BCUT2D eigenvalue weighted by molar-refractivity contribution is -0.130. The van der Waals surface area contributed by atoms with Crippen LogP contribution in [0.15, 0.2) is 66.7 Å². The lowest BCUT2D eigenvalue weighted by atomic mass is 10.1. The van der Waals surface area contributed by atoms with Gasteiger partial charge in [-0.25, -0.2) is 4.98 Å². The first-order valence-electron chi connectivity index (χ1n) is 10.2. The minimum absolute atomic E-state index is 0.0295. The van der Waals surface area contributed by atoms with Crippen molar-refractivity contribution in [1.29, 1.82) is 0 Å². The molecule has 0 bridgehead atoms. The van der Waals surface area contributed by atoms with E-state index in [9.17, 15) is 14.4 Å². The van der Waals surface area contributed by atoms with E-state index in [1.54, 1.807) is 40.1 Å². The van der Waals surface area contributed by atoms with Crippen LogP contribution in [0.25, 0.3) is 17.0 Å². The Hall–Kier alpha value is -3.80. The Bertz CT molecular complexity index is 1160. The van der Waals surface area contributed by atoms with Gasteiger partial charge in [0.1, 0.15) is 0 Å². The Morgan fingerprint density at radius 3 is 2.16 bits per heavy atom. The van der Waals surface area contributed by atoms with Gasteiger partial charge in [0.05, 0.1) is 11.2 Å². The van der Waals surface area contributed by atoms with Gasteiger partial charge in [-0.05, 0) is 36.4 Å². The monoisotopic (exact) mass is 413 g/mol. The molecule has 1 aromatic heterocycles. The van der Waals surface area contributed by atoms with Crippen molar-refractivity contribution in [1.82, 2.24) is 14.8 Å². The molecule has 6 heteroatoms. The van der Waals surface area contributed by atoms with E-state index in [1.165, 1.54) is 13.0 Å². The highest BCUT2D eigenvalue weighted by Crippen LogP contribution is 2.14. The summed E-state index contributed by atoms with van der Waals surface area (Å²) in [6.07, 6.45) is 3.19. The van der Waals surface area contributed by atoms with Crippen molar-refractivity contribution in [2.45, 2.75) is 6.92 Å². The van der Waals surface area contributed by atoms with Gasteiger partial charge in [-0.15, -0.1) is 0 Å². The van der Waals surface area contributed by atoms with Gasteiger partial charge in [0, 0.05) is 49.6 Å². The first kappa shape index (κ1) is 20.5. The normalized spacial score (nSPS) is 14.2. The number of carbonyl (C=O) groups is 3. The van der Waals surface area contributed by atoms with Gasteiger partial charge >= 0.3 is 0 Å². The molecular weight excluding hydrogens is 390 g/mol. The Balaban J connectivity index is 1.40. The highest BCUT2D eigenvalue weighted by molar-refractivity contribution is 6.07. The van der Waals surface area contributed by atoms with E-state index >= 15 is 0 Å². The molecular formula is C25H23N3O3. The van der Waals surface area contributed by atoms with Crippen molar-refractivity contribution >= 4 is 34.6 Å². The van der Waals surface area contributed by atoms with Crippen molar-refractivity contribution < 1.29 is 14.4 Å². The predicted molar refractivity (Wildman–Crippen MR) is 120 cm³/mol. The average Bonchev–Trinajstić information content (AvgIpc) is 2.82. The van der Waals surface area contributed by atoms with E-state index in [4.69, 9.17) is 0 Å². The van der Waals surface area contributed by atoms with Gasteiger partial charge in [-0.2, -0.15) is 0 Å². The maximum Gasteiger partial charge on any atom is 0.253 e. The van der Waals surface area contributed by atoms with Crippen LogP contribution in [0.4, 0.5) is 0 Å². The topological polar surface area (TPSA) is 70.6 Å². The van der Waals surface area contributed by atoms with Gasteiger partial charge in [0.25, 0.3) is 5.91 Å². The van der Waals surface area contributed by atoms with Crippen LogP contribution in [-0.2, 0) is 4.79 Å². The third kappa shape index (κ3) is 4.69. The van der Waals surface area contributed by atoms with E-state index in [0.29, 0.717) is 43.0 Å². The zero-order valence-corrected chi connectivity index (χ0v) is 17.3. The number of hydrogen-bond acceptors (Lipinski definition) is 4. The average molecular weight is 413 g/mol. The van der Waals surface area contributed by atoms with Crippen molar-refractivity contribution in [3.05, 3.63) is 83.6 Å². The molecule has 0 N–H and O–H groups in total. The van der Waals surface area contributed by atoms with Crippen LogP contribution in [0, 0.1) is 0 Å². The lowest BCUT2D eigenvalue weighted by Gasteiger charge is -2.34. The molecule has 0 aliphatic carbocycles. The largest absolute Gasteiger partial charge is 0.339 e. The molecule has 2 heterocycles. The van der Waals surface area contributed by atoms with Crippen molar-refractivity contribution in [2.75, 3.05) is 26.2 Å². The quantitative estimate of drug-likeness (QED) is 0.485. The zero-order valence-electron chi connectivity index (χ0n) is 17.3. The summed E-state index contributed by atoms with van der Waals surface area (Å²) < 4.78 is 0. The smallest absolute Gasteiger partial charge is 0.253 e. The number of para-hydroxylation sites is 1. The van der Waals surface area contributed by atoms with Crippen LogP contribution in [0.3, 0.4) is 0 Å². The minimum Gasteiger partial charge on any atom is -0.339 e. The summed E-state index contributed by atoms with van der Waals surface area (Å²) in [5, 5.41) is 1.05. The number of nitrogens with zero attached hydrogens (tertiary/aromatic N) is 3. The summed E-state index contributed by atoms with van der Waals surface area (Å²) in [7, 11) is 0. The summed E-state index contributed by atoms with van der Waals surface area (Å²) in [6, 6.07) is 18.4. The number of ketones is 1. The summed E-state index contributed by atoms with van der Waals surface area (Å²) in [4.78, 5) is 44.6. The fourth-order valence-corrected chi connectivity index (χ4v) is 3.62. The molecule has 31 heavy (non-hydrogen) atoms. The number of carbonyl (C=O) groups excluding carboxylic acids is 3. The molecule has 156 valence electrons. The molecule has 0 unspecified atom stereocenters. The number of amides is 2. The Morgan fingerprint density at radius 2 is 1.45 bits per heavy atom. The van der Waals surface area contributed by atoms with E-state index < -0.39 is 0 Å². The summed E-state index contributed by atoms with van der Waals surface area (Å²) in [5.41, 5.74) is 2.63. The first-order valence-corrected chi connectivity index (χ1v) is 10.2. The third-order valence-electron chi connectivity index (χ3n) is 5.45. The number of rotatable bonds is 4. The van der Waals surface area contributed by atoms with E-state index in [0.717, 1.165) is 10.9 Å². The second-order valence-corrected chi connectivity index (χ2v) is 7.50. The van der Waals surface area contributed by atoms with Gasteiger partial charge in [0.2, 0.25) is 5.91 Å². The molecule has 2 amide bonds. The Kier molecular flexibility index (Phi) is 5.89. The van der Waals surface area contributed by atoms with Crippen molar-refractivity contribution in [3.63, 3.8) is 0 Å². The fraction of sp³-hybridized carbons (Fsp3) is 0.200. The first-order chi connectivity index (χ1) is 15.0. The molecule has 1 fully saturated rings. The summed E-state index contributed by atoms with van der Waals surface area (Å²) in [6.45, 7) is 3.66. The number of fused-ring (bicyclic) bond motifs is 1. The van der Waals surface area contributed by atoms with Crippen LogP contribution >= 0.6 is 0 Å². The lowest BCUT2D eigenvalue weighted by Crippen LogP contribution is -2.50. The summed E-state index contributed by atoms with van der Waals surface area (Å²) >= 11 is 0. The molecule has 6 nitrogen and oxygen atoms in total. The van der Waals surface area contributed by atoms with Crippen LogP contribution in [0.2, 0.25) is 0 Å². The fourth-order valence-electron chi connectivity index (χ4n) is 3.62. The van der Waals surface area contributed by atoms with Gasteiger partial charge in [0.15, 0.2) is 5.78 Å². The maximum absolute atomic E-state index is 12.7. The Morgan fingerprint density at radius 1 is 0.806 bits per heavy atom. The molecule has 2 aromatic carbocycles. The SMILES string of the molecule is CC(=O)N1CCN(C(=O)c2ccc(C(=O)/C=C/c3ccc4ccccc4n3)cc2)CC1. The van der Waals surface area contributed by atoms with Gasteiger partial charge < -0.3 is 9.80 Å². The zero-order chi connectivity index (χ0) is 21.8. The number of allylic oxidation sites excluding steroid dienone is 1. The van der Waals surface area contributed by atoms with E-state index in [2.05, 4.69) is 4.98 Å². The third-order valence-corrected chi connectivity index (χ3v) is 5.45. The molecule has 1 aliphatic heterocycles. The molecule has 3 aromatic rings. The maximum atomic E-state index is 12.7. The van der Waals surface area contributed by atoms with Crippen LogP contribution in [0.5, 0.6) is 0 Å². The molecule has 0 saturated carbocycles. The number of pyridine rings is 1. The van der Waals surface area contributed by atoms with Gasteiger partial charge in [-0.1, -0.05) is 36.4 Å². The molecule has 0 atom stereocenters.